The maximum atomic E-state index is 11.0. The van der Waals surface area contributed by atoms with Gasteiger partial charge in [0.1, 0.15) is 0 Å². The third kappa shape index (κ3) is 1.89. The number of nitrogens with zero attached hydrogens (tertiary/aromatic N) is 2. The Morgan fingerprint density at radius 1 is 1.53 bits per heavy atom. The second-order valence-electron chi connectivity index (χ2n) is 2.85. The first-order valence-electron chi connectivity index (χ1n) is 4.18. The monoisotopic (exact) mass is 224 g/mol. The molecule has 0 aromatic carbocycles. The van der Waals surface area contributed by atoms with Crippen molar-refractivity contribution in [1.82, 2.24) is 10.2 Å². The lowest BCUT2D eigenvalue weighted by molar-refractivity contribution is 0.0556. The van der Waals surface area contributed by atoms with E-state index in [0.29, 0.717) is 5.89 Å². The van der Waals surface area contributed by atoms with E-state index < -0.39 is 5.97 Å². The molecule has 5 nitrogen and oxygen atoms in total. The molecule has 0 amide bonds. The Hall–Kier alpha value is -1.69. The van der Waals surface area contributed by atoms with Gasteiger partial charge in [-0.1, -0.05) is 0 Å². The van der Waals surface area contributed by atoms with Gasteiger partial charge in [0.05, 0.1) is 7.11 Å². The molecule has 78 valence electrons. The third-order valence-electron chi connectivity index (χ3n) is 1.76. The van der Waals surface area contributed by atoms with Crippen LogP contribution in [0, 0.1) is 6.92 Å². The number of ether oxygens (including phenoxy) is 1. The molecule has 0 aliphatic carbocycles. The van der Waals surface area contributed by atoms with E-state index in [1.807, 2.05) is 18.4 Å². The number of hydrogen-bond donors (Lipinski definition) is 0. The first kappa shape index (κ1) is 9.85. The smallest absolute Gasteiger partial charge is 0.396 e. The van der Waals surface area contributed by atoms with Gasteiger partial charge in [-0.3, -0.25) is 0 Å². The van der Waals surface area contributed by atoms with Gasteiger partial charge in [0, 0.05) is 15.8 Å². The lowest BCUT2D eigenvalue weighted by Crippen LogP contribution is -2.00. The predicted molar refractivity (Wildman–Crippen MR) is 53.7 cm³/mol. The molecule has 0 aliphatic heterocycles. The molecule has 0 saturated heterocycles. The van der Waals surface area contributed by atoms with Gasteiger partial charge in [0.25, 0.3) is 0 Å². The number of hydrogen-bond acceptors (Lipinski definition) is 6. The molecule has 2 rings (SSSR count). The van der Waals surface area contributed by atoms with Gasteiger partial charge in [-0.05, 0) is 13.0 Å². The fraction of sp³-hybridized carbons (Fsp3) is 0.222. The van der Waals surface area contributed by atoms with Crippen molar-refractivity contribution in [2.75, 3.05) is 7.11 Å². The molecule has 2 aromatic rings. The number of aromatic nitrogens is 2. The van der Waals surface area contributed by atoms with Crippen molar-refractivity contribution < 1.29 is 13.9 Å². The molecule has 0 N–H and O–H groups in total. The third-order valence-corrected chi connectivity index (χ3v) is 2.62. The van der Waals surface area contributed by atoms with E-state index >= 15 is 0 Å². The summed E-state index contributed by atoms with van der Waals surface area (Å²) in [6.45, 7) is 1.98. The Labute approximate surface area is 89.7 Å². The minimum absolute atomic E-state index is 0.128. The Bertz CT molecular complexity index is 489. The highest BCUT2D eigenvalue weighted by Gasteiger charge is 2.16. The predicted octanol–water partition coefficient (Wildman–Crippen LogP) is 1.89. The summed E-state index contributed by atoms with van der Waals surface area (Å²) in [4.78, 5) is 12.2. The summed E-state index contributed by atoms with van der Waals surface area (Å²) in [6, 6.07) is 1.92. The summed E-state index contributed by atoms with van der Waals surface area (Å²) in [5.41, 5.74) is 0.820. The largest absolute Gasteiger partial charge is 0.462 e. The van der Waals surface area contributed by atoms with Gasteiger partial charge in [-0.25, -0.2) is 4.79 Å². The maximum absolute atomic E-state index is 11.0. The van der Waals surface area contributed by atoms with Gasteiger partial charge in [-0.2, -0.15) is 0 Å². The fourth-order valence-electron chi connectivity index (χ4n) is 1.07. The van der Waals surface area contributed by atoms with E-state index in [1.165, 1.54) is 7.11 Å². The van der Waals surface area contributed by atoms with Crippen molar-refractivity contribution in [3.63, 3.8) is 0 Å². The van der Waals surface area contributed by atoms with Gasteiger partial charge in [0.15, 0.2) is 0 Å². The van der Waals surface area contributed by atoms with Crippen molar-refractivity contribution in [2.24, 2.45) is 0 Å². The Kier molecular flexibility index (Phi) is 2.51. The molecule has 0 saturated carbocycles. The Balaban J connectivity index is 2.31. The first-order valence-corrected chi connectivity index (χ1v) is 5.06. The minimum atomic E-state index is -0.624. The summed E-state index contributed by atoms with van der Waals surface area (Å²) in [7, 11) is 1.26. The molecular formula is C9H8N2O3S. The zero-order valence-electron chi connectivity index (χ0n) is 8.18. The molecular weight excluding hydrogens is 216 g/mol. The molecule has 2 heterocycles. The summed E-state index contributed by atoms with van der Waals surface area (Å²) in [5, 5.41) is 9.24. The lowest BCUT2D eigenvalue weighted by Gasteiger charge is -1.89. The van der Waals surface area contributed by atoms with Crippen LogP contribution >= 0.6 is 11.3 Å². The van der Waals surface area contributed by atoms with Gasteiger partial charge < -0.3 is 9.15 Å². The van der Waals surface area contributed by atoms with E-state index in [0.717, 1.165) is 10.4 Å². The Morgan fingerprint density at radius 2 is 2.33 bits per heavy atom. The van der Waals surface area contributed by atoms with Crippen LogP contribution in [0.4, 0.5) is 0 Å². The van der Waals surface area contributed by atoms with Crippen LogP contribution in [0.15, 0.2) is 15.9 Å². The van der Waals surface area contributed by atoms with Crippen LogP contribution in [0.1, 0.15) is 15.6 Å². The second kappa shape index (κ2) is 3.82. The summed E-state index contributed by atoms with van der Waals surface area (Å²) in [5.74, 6) is -0.420. The highest BCUT2D eigenvalue weighted by molar-refractivity contribution is 7.10. The van der Waals surface area contributed by atoms with Crippen molar-refractivity contribution in [1.29, 1.82) is 0 Å². The average molecular weight is 224 g/mol. The minimum Gasteiger partial charge on any atom is -0.462 e. The van der Waals surface area contributed by atoms with Gasteiger partial charge >= 0.3 is 11.9 Å². The SMILES string of the molecule is COC(=O)c1nnc(-c2csc(C)c2)o1. The van der Waals surface area contributed by atoms with Crippen molar-refractivity contribution in [3.8, 4) is 11.5 Å². The molecule has 0 radical (unpaired) electrons. The standard InChI is InChI=1S/C9H8N2O3S/c1-5-3-6(4-15-5)7-10-11-8(14-7)9(12)13-2/h3-4H,1-2H3. The molecule has 6 heteroatoms. The number of rotatable bonds is 2. The summed E-state index contributed by atoms with van der Waals surface area (Å²) < 4.78 is 9.60. The van der Waals surface area contributed by atoms with Crippen LogP contribution in [0.5, 0.6) is 0 Å². The normalized spacial score (nSPS) is 10.3. The van der Waals surface area contributed by atoms with Crippen LogP contribution in [0.3, 0.4) is 0 Å². The number of carbonyl (C=O) groups excluding carboxylic acids is 1. The van der Waals surface area contributed by atoms with Crippen LogP contribution in [-0.4, -0.2) is 23.3 Å². The van der Waals surface area contributed by atoms with Crippen LogP contribution in [-0.2, 0) is 4.74 Å². The highest BCUT2D eigenvalue weighted by atomic mass is 32.1. The van der Waals surface area contributed by atoms with Gasteiger partial charge in [-0.15, -0.1) is 21.5 Å². The number of aryl methyl sites for hydroxylation is 1. The molecule has 2 aromatic heterocycles. The molecule has 15 heavy (non-hydrogen) atoms. The van der Waals surface area contributed by atoms with E-state index in [1.54, 1.807) is 11.3 Å². The average Bonchev–Trinajstić information content (AvgIpc) is 2.84. The number of carbonyl (C=O) groups is 1. The molecule has 0 aliphatic rings. The highest BCUT2D eigenvalue weighted by Crippen LogP contribution is 2.23. The zero-order valence-corrected chi connectivity index (χ0v) is 9.00. The van der Waals surface area contributed by atoms with Crippen LogP contribution in [0.25, 0.3) is 11.5 Å². The maximum Gasteiger partial charge on any atom is 0.396 e. The van der Waals surface area contributed by atoms with E-state index in [9.17, 15) is 4.79 Å². The van der Waals surface area contributed by atoms with Crippen LogP contribution < -0.4 is 0 Å². The fourth-order valence-corrected chi connectivity index (χ4v) is 1.74. The molecule has 0 bridgehead atoms. The lowest BCUT2D eigenvalue weighted by atomic mass is 10.3. The summed E-state index contributed by atoms with van der Waals surface area (Å²) >= 11 is 1.58. The molecule has 0 atom stereocenters. The Morgan fingerprint density at radius 3 is 2.93 bits per heavy atom. The quantitative estimate of drug-likeness (QED) is 0.729. The zero-order chi connectivity index (χ0) is 10.8. The number of thiophene rings is 1. The number of methoxy groups -OCH3 is 1. The first-order chi connectivity index (χ1) is 7.20. The van der Waals surface area contributed by atoms with E-state index in [4.69, 9.17) is 4.42 Å². The van der Waals surface area contributed by atoms with E-state index in [-0.39, 0.29) is 5.89 Å². The van der Waals surface area contributed by atoms with E-state index in [2.05, 4.69) is 14.9 Å². The van der Waals surface area contributed by atoms with Crippen molar-refractivity contribution >= 4 is 17.3 Å². The van der Waals surface area contributed by atoms with Gasteiger partial charge in [0.2, 0.25) is 5.89 Å². The molecule has 0 unspecified atom stereocenters. The molecule has 0 fully saturated rings. The van der Waals surface area contributed by atoms with Crippen molar-refractivity contribution in [2.45, 2.75) is 6.92 Å². The van der Waals surface area contributed by atoms with Crippen LogP contribution in [0.2, 0.25) is 0 Å². The van der Waals surface area contributed by atoms with Crippen molar-refractivity contribution in [3.05, 3.63) is 22.2 Å². The molecule has 0 spiro atoms. The number of esters is 1. The second-order valence-corrected chi connectivity index (χ2v) is 3.97. The summed E-state index contributed by atoms with van der Waals surface area (Å²) in [6.07, 6.45) is 0. The topological polar surface area (TPSA) is 65.2 Å².